The first kappa shape index (κ1) is 11.9. The molecule has 12 heavy (non-hydrogen) atoms. The van der Waals surface area contributed by atoms with Crippen LogP contribution in [0.25, 0.3) is 0 Å². The van der Waals surface area contributed by atoms with E-state index in [-0.39, 0.29) is 0 Å². The quantitative estimate of drug-likeness (QED) is 0.568. The minimum atomic E-state index is -3.51. The van der Waals surface area contributed by atoms with Gasteiger partial charge >= 0.3 is 5.97 Å². The summed E-state index contributed by atoms with van der Waals surface area (Å²) < 4.78 is 22.0. The lowest BCUT2D eigenvalue weighted by atomic mass is 10.4. The molecule has 0 fully saturated rings. The normalized spacial score (nSPS) is 16.8. The molecule has 0 aliphatic heterocycles. The molecule has 0 saturated carbocycles. The fourth-order valence-electron chi connectivity index (χ4n) is 0.387. The highest BCUT2D eigenvalue weighted by atomic mass is 33.4. The molecule has 0 aliphatic carbocycles. The van der Waals surface area contributed by atoms with Gasteiger partial charge in [0.05, 0.1) is 5.75 Å². The number of nitrogens with two attached hydrogens (primary N) is 1. The Morgan fingerprint density at radius 2 is 2.17 bits per heavy atom. The van der Waals surface area contributed by atoms with Gasteiger partial charge in [0.15, 0.2) is 0 Å². The van der Waals surface area contributed by atoms with E-state index >= 15 is 0 Å². The summed E-state index contributed by atoms with van der Waals surface area (Å²) in [7, 11) is -4.76. The highest BCUT2D eigenvalue weighted by Crippen LogP contribution is 1.98. The Morgan fingerprint density at radius 1 is 1.75 bits per heavy atom. The molecule has 0 aromatic carbocycles. The van der Waals surface area contributed by atoms with E-state index in [2.05, 4.69) is 11.2 Å². The van der Waals surface area contributed by atoms with Crippen LogP contribution in [0.4, 0.5) is 0 Å². The molecule has 1 unspecified atom stereocenters. The summed E-state index contributed by atoms with van der Waals surface area (Å²) in [6.07, 6.45) is 1.33. The van der Waals surface area contributed by atoms with Crippen molar-refractivity contribution in [2.75, 3.05) is 12.0 Å². The van der Waals surface area contributed by atoms with E-state index in [9.17, 15) is 13.2 Å². The first-order valence-electron chi connectivity index (χ1n) is 2.82. The molecule has 0 spiro atoms. The molecule has 0 heterocycles. The van der Waals surface area contributed by atoms with Crippen molar-refractivity contribution >= 4 is 34.5 Å². The highest BCUT2D eigenvalue weighted by molar-refractivity contribution is 8.78. The van der Waals surface area contributed by atoms with Crippen LogP contribution in [-0.4, -0.2) is 37.5 Å². The van der Waals surface area contributed by atoms with Crippen LogP contribution in [0.2, 0.25) is 0 Å². The maximum Gasteiger partial charge on any atom is 0.321 e. The number of rotatable bonds is 4. The van der Waals surface area contributed by atoms with Gasteiger partial charge < -0.3 is 10.8 Å². The van der Waals surface area contributed by atoms with E-state index in [1.54, 1.807) is 0 Å². The van der Waals surface area contributed by atoms with Crippen molar-refractivity contribution in [2.24, 2.45) is 5.73 Å². The van der Waals surface area contributed by atoms with Gasteiger partial charge in [-0.2, -0.15) is 0 Å². The summed E-state index contributed by atoms with van der Waals surface area (Å²) in [4.78, 5) is 10.2. The van der Waals surface area contributed by atoms with Gasteiger partial charge in [0.1, 0.15) is 6.04 Å². The van der Waals surface area contributed by atoms with E-state index in [1.807, 2.05) is 0 Å². The fraction of sp³-hybridized carbons (Fsp3) is 0.750. The van der Waals surface area contributed by atoms with Gasteiger partial charge in [-0.3, -0.25) is 4.79 Å². The van der Waals surface area contributed by atoms with Gasteiger partial charge in [0, 0.05) is 6.26 Å². The average molecular weight is 231 g/mol. The zero-order valence-electron chi connectivity index (χ0n) is 6.26. The lowest BCUT2D eigenvalue weighted by Gasteiger charge is -2.05. The van der Waals surface area contributed by atoms with Crippen LogP contribution < -0.4 is 5.73 Å². The largest absolute Gasteiger partial charge is 0.480 e. The molecule has 0 aromatic rings. The number of aliphatic carboxylic acids is 1. The van der Waals surface area contributed by atoms with Crippen LogP contribution in [0.1, 0.15) is 0 Å². The standard InChI is InChI=1S/C4H9NO4S3/c1-11(10)12(8,9)2-3(5)4(6)7/h3H,2,5H2,1H3,(H,6,7)/t3-,11?/m0/s1. The smallest absolute Gasteiger partial charge is 0.321 e. The molecule has 72 valence electrons. The summed E-state index contributed by atoms with van der Waals surface area (Å²) in [5, 5.41) is 8.31. The van der Waals surface area contributed by atoms with Crippen LogP contribution in [0.3, 0.4) is 0 Å². The zero-order chi connectivity index (χ0) is 9.94. The number of carboxylic acid groups (broad SMARTS) is 1. The third-order valence-electron chi connectivity index (χ3n) is 1.06. The lowest BCUT2D eigenvalue weighted by Crippen LogP contribution is -2.37. The maximum absolute atomic E-state index is 11.0. The van der Waals surface area contributed by atoms with Crippen LogP contribution in [0.15, 0.2) is 0 Å². The molecular weight excluding hydrogens is 222 g/mol. The molecular formula is C4H9NO4S3. The molecule has 0 aliphatic rings. The molecule has 0 saturated heterocycles. The zero-order valence-corrected chi connectivity index (χ0v) is 8.71. The predicted octanol–water partition coefficient (Wildman–Crippen LogP) is -1.56. The van der Waals surface area contributed by atoms with Crippen molar-refractivity contribution in [2.45, 2.75) is 6.04 Å². The predicted molar refractivity (Wildman–Crippen MR) is 50.1 cm³/mol. The molecule has 0 radical (unpaired) electrons. The van der Waals surface area contributed by atoms with Crippen molar-refractivity contribution < 1.29 is 18.3 Å². The van der Waals surface area contributed by atoms with Crippen molar-refractivity contribution in [1.82, 2.24) is 0 Å². The summed E-state index contributed by atoms with van der Waals surface area (Å²) >= 11 is 4.51. The summed E-state index contributed by atoms with van der Waals surface area (Å²) in [6.45, 7) is 0. The van der Waals surface area contributed by atoms with Gasteiger partial charge in [0.2, 0.25) is 8.87 Å². The van der Waals surface area contributed by atoms with Crippen molar-refractivity contribution in [3.63, 3.8) is 0 Å². The number of carboxylic acids is 1. The summed E-state index contributed by atoms with van der Waals surface area (Å²) in [5.41, 5.74) is 5.02. The Kier molecular flexibility index (Phi) is 4.24. The molecule has 8 heteroatoms. The second-order valence-electron chi connectivity index (χ2n) is 2.07. The SMILES string of the molecule is CS(=S)S(=O)(=O)C[C@H](N)C(=O)O. The number of carbonyl (C=O) groups is 1. The number of hydrogen-bond acceptors (Lipinski definition) is 5. The lowest BCUT2D eigenvalue weighted by molar-refractivity contribution is -0.137. The minimum absolute atomic E-state index is 0.592. The molecule has 0 aromatic heterocycles. The van der Waals surface area contributed by atoms with Crippen molar-refractivity contribution in [3.05, 3.63) is 0 Å². The van der Waals surface area contributed by atoms with Gasteiger partial charge in [-0.25, -0.2) is 8.42 Å². The molecule has 0 rings (SSSR count). The third-order valence-corrected chi connectivity index (χ3v) is 6.96. The monoisotopic (exact) mass is 231 g/mol. The minimum Gasteiger partial charge on any atom is -0.480 e. The van der Waals surface area contributed by atoms with Gasteiger partial charge in [-0.1, -0.05) is 0 Å². The van der Waals surface area contributed by atoms with Crippen LogP contribution in [0.5, 0.6) is 0 Å². The molecule has 5 nitrogen and oxygen atoms in total. The molecule has 2 atom stereocenters. The van der Waals surface area contributed by atoms with E-state index in [0.717, 1.165) is 0 Å². The maximum atomic E-state index is 11.0. The van der Waals surface area contributed by atoms with E-state index in [1.165, 1.54) is 6.26 Å². The Hall–Kier alpha value is -0.0500. The van der Waals surface area contributed by atoms with E-state index in [0.29, 0.717) is 0 Å². The van der Waals surface area contributed by atoms with Crippen LogP contribution in [-0.2, 0) is 33.3 Å². The van der Waals surface area contributed by atoms with E-state index < -0.39 is 35.1 Å². The average Bonchev–Trinajstić information content (AvgIpc) is 1.85. The van der Waals surface area contributed by atoms with Crippen molar-refractivity contribution in [3.8, 4) is 0 Å². The van der Waals surface area contributed by atoms with Gasteiger partial charge in [-0.05, 0) is 19.7 Å². The number of hydrogen-bond donors (Lipinski definition) is 2. The third kappa shape index (κ3) is 3.57. The Labute approximate surface area is 76.9 Å². The van der Waals surface area contributed by atoms with E-state index in [4.69, 9.17) is 10.8 Å². The second kappa shape index (κ2) is 4.26. The van der Waals surface area contributed by atoms with Crippen LogP contribution in [0, 0.1) is 0 Å². The fourth-order valence-corrected chi connectivity index (χ4v) is 2.68. The Bertz CT molecular complexity index is 295. The highest BCUT2D eigenvalue weighted by Gasteiger charge is 2.22. The Morgan fingerprint density at radius 3 is 2.42 bits per heavy atom. The van der Waals surface area contributed by atoms with Crippen molar-refractivity contribution in [1.29, 1.82) is 0 Å². The van der Waals surface area contributed by atoms with Crippen LogP contribution >= 0.6 is 0 Å². The Balaban J connectivity index is 4.48. The summed E-state index contributed by atoms with van der Waals surface area (Å²) in [5.74, 6) is -1.93. The van der Waals surface area contributed by atoms with Gasteiger partial charge in [-0.15, -0.1) is 0 Å². The topological polar surface area (TPSA) is 97.5 Å². The molecule has 0 amide bonds. The molecule has 3 N–H and O–H groups in total. The first-order valence-corrected chi connectivity index (χ1v) is 7.55. The summed E-state index contributed by atoms with van der Waals surface area (Å²) in [6, 6.07) is -1.38. The molecule has 0 bridgehead atoms. The second-order valence-corrected chi connectivity index (χ2v) is 9.48. The first-order chi connectivity index (χ1) is 5.27. The van der Waals surface area contributed by atoms with Gasteiger partial charge in [0.25, 0.3) is 0 Å².